The summed E-state index contributed by atoms with van der Waals surface area (Å²) in [5, 5.41) is 12.7. The minimum Gasteiger partial charge on any atom is -0.393 e. The highest BCUT2D eigenvalue weighted by Crippen LogP contribution is 2.23. The fourth-order valence-corrected chi connectivity index (χ4v) is 1.95. The molecule has 3 heteroatoms. The van der Waals surface area contributed by atoms with Crippen LogP contribution in [0.2, 0.25) is 0 Å². The highest BCUT2D eigenvalue weighted by molar-refractivity contribution is 6.25. The van der Waals surface area contributed by atoms with Crippen LogP contribution in [0.3, 0.4) is 0 Å². The van der Waals surface area contributed by atoms with Gasteiger partial charge in [0.2, 0.25) is 0 Å². The van der Waals surface area contributed by atoms with Crippen molar-refractivity contribution in [2.45, 2.75) is 31.8 Å². The Morgan fingerprint density at radius 3 is 3.00 bits per heavy atom. The maximum Gasteiger partial charge on any atom is 0.0543 e. The Morgan fingerprint density at radius 2 is 2.31 bits per heavy atom. The average Bonchev–Trinajstić information content (AvgIpc) is 2.13. The molecule has 0 saturated heterocycles. The Bertz CT molecular complexity index is 161. The van der Waals surface area contributed by atoms with E-state index in [1.165, 1.54) is 18.4 Å². The smallest absolute Gasteiger partial charge is 0.0543 e. The standard InChI is InChI=1S/C10H18ClNO/c11-5-2-6-12-8-9-3-1-4-10(13)7-9/h2,5,9-10,12-13H,1,3-4,6-8H2/b5-2+. The van der Waals surface area contributed by atoms with Crippen LogP contribution in [0, 0.1) is 5.92 Å². The van der Waals surface area contributed by atoms with Gasteiger partial charge in [0.25, 0.3) is 0 Å². The summed E-state index contributed by atoms with van der Waals surface area (Å²) in [6, 6.07) is 0. The topological polar surface area (TPSA) is 32.3 Å². The van der Waals surface area contributed by atoms with Gasteiger partial charge in [0.05, 0.1) is 6.10 Å². The maximum atomic E-state index is 9.42. The van der Waals surface area contributed by atoms with Crippen LogP contribution in [0.4, 0.5) is 0 Å². The molecule has 1 saturated carbocycles. The van der Waals surface area contributed by atoms with Crippen LogP contribution in [0.25, 0.3) is 0 Å². The summed E-state index contributed by atoms with van der Waals surface area (Å²) < 4.78 is 0. The van der Waals surface area contributed by atoms with Crippen molar-refractivity contribution in [3.8, 4) is 0 Å². The van der Waals surface area contributed by atoms with Crippen molar-refractivity contribution in [1.29, 1.82) is 0 Å². The predicted octanol–water partition coefficient (Wildman–Crippen LogP) is 1.88. The molecule has 2 unspecified atom stereocenters. The van der Waals surface area contributed by atoms with E-state index in [-0.39, 0.29) is 6.10 Å². The third-order valence-corrected chi connectivity index (χ3v) is 2.72. The Labute approximate surface area is 85.0 Å². The maximum absolute atomic E-state index is 9.42. The van der Waals surface area contributed by atoms with Crippen LogP contribution >= 0.6 is 11.6 Å². The summed E-state index contributed by atoms with van der Waals surface area (Å²) in [7, 11) is 0. The number of hydrogen-bond acceptors (Lipinski definition) is 2. The van der Waals surface area contributed by atoms with Crippen LogP contribution in [-0.4, -0.2) is 24.3 Å². The number of rotatable bonds is 4. The lowest BCUT2D eigenvalue weighted by atomic mass is 9.87. The van der Waals surface area contributed by atoms with Gasteiger partial charge in [0.1, 0.15) is 0 Å². The van der Waals surface area contributed by atoms with Crippen LogP contribution in [0.5, 0.6) is 0 Å². The summed E-state index contributed by atoms with van der Waals surface area (Å²) in [4.78, 5) is 0. The minimum atomic E-state index is -0.0656. The molecule has 13 heavy (non-hydrogen) atoms. The zero-order chi connectivity index (χ0) is 9.52. The lowest BCUT2D eigenvalue weighted by Gasteiger charge is -2.25. The molecular weight excluding hydrogens is 186 g/mol. The first kappa shape index (κ1) is 11.0. The molecule has 0 aromatic heterocycles. The summed E-state index contributed by atoms with van der Waals surface area (Å²) in [6.45, 7) is 1.83. The molecule has 2 atom stereocenters. The predicted molar refractivity (Wildman–Crippen MR) is 55.8 cm³/mol. The average molecular weight is 204 g/mol. The van der Waals surface area contributed by atoms with E-state index in [0.717, 1.165) is 25.9 Å². The molecule has 0 bridgehead atoms. The molecule has 0 aliphatic heterocycles. The molecule has 1 fully saturated rings. The zero-order valence-corrected chi connectivity index (χ0v) is 8.63. The van der Waals surface area contributed by atoms with E-state index in [1.807, 2.05) is 6.08 Å². The molecule has 1 aliphatic rings. The highest BCUT2D eigenvalue weighted by atomic mass is 35.5. The zero-order valence-electron chi connectivity index (χ0n) is 7.88. The monoisotopic (exact) mass is 203 g/mol. The van der Waals surface area contributed by atoms with Gasteiger partial charge >= 0.3 is 0 Å². The lowest BCUT2D eigenvalue weighted by Crippen LogP contribution is -2.29. The Balaban J connectivity index is 2.06. The van der Waals surface area contributed by atoms with Gasteiger partial charge in [-0.2, -0.15) is 0 Å². The van der Waals surface area contributed by atoms with Crippen molar-refractivity contribution in [1.82, 2.24) is 5.32 Å². The van der Waals surface area contributed by atoms with Crippen molar-refractivity contribution < 1.29 is 5.11 Å². The number of aliphatic hydroxyl groups is 1. The van der Waals surface area contributed by atoms with Gasteiger partial charge in [0, 0.05) is 12.1 Å². The molecule has 0 radical (unpaired) electrons. The van der Waals surface area contributed by atoms with E-state index < -0.39 is 0 Å². The fraction of sp³-hybridized carbons (Fsp3) is 0.800. The van der Waals surface area contributed by atoms with Crippen LogP contribution in [-0.2, 0) is 0 Å². The second-order valence-electron chi connectivity index (χ2n) is 3.71. The minimum absolute atomic E-state index is 0.0656. The van der Waals surface area contributed by atoms with Gasteiger partial charge in [-0.05, 0) is 31.7 Å². The van der Waals surface area contributed by atoms with Crippen molar-refractivity contribution in [2.24, 2.45) is 5.92 Å². The number of halogens is 1. The molecule has 2 nitrogen and oxygen atoms in total. The van der Waals surface area contributed by atoms with Crippen LogP contribution < -0.4 is 5.32 Å². The van der Waals surface area contributed by atoms with Gasteiger partial charge in [-0.25, -0.2) is 0 Å². The lowest BCUT2D eigenvalue weighted by molar-refractivity contribution is 0.101. The van der Waals surface area contributed by atoms with Crippen molar-refractivity contribution in [3.63, 3.8) is 0 Å². The van der Waals surface area contributed by atoms with E-state index in [4.69, 9.17) is 11.6 Å². The van der Waals surface area contributed by atoms with Gasteiger partial charge in [-0.1, -0.05) is 24.1 Å². The summed E-state index contributed by atoms with van der Waals surface area (Å²) in [5.41, 5.74) is 1.53. The fourth-order valence-electron chi connectivity index (χ4n) is 1.86. The van der Waals surface area contributed by atoms with E-state index in [1.54, 1.807) is 0 Å². The largest absolute Gasteiger partial charge is 0.393 e. The molecule has 2 N–H and O–H groups in total. The third-order valence-electron chi connectivity index (χ3n) is 2.54. The molecule has 0 heterocycles. The molecule has 0 aromatic rings. The Morgan fingerprint density at radius 1 is 1.46 bits per heavy atom. The van der Waals surface area contributed by atoms with E-state index in [0.29, 0.717) is 5.92 Å². The van der Waals surface area contributed by atoms with Gasteiger partial charge in [-0.3, -0.25) is 0 Å². The molecule has 1 aliphatic carbocycles. The van der Waals surface area contributed by atoms with Gasteiger partial charge in [0.15, 0.2) is 0 Å². The Kier molecular flexibility index (Phi) is 5.44. The molecule has 76 valence electrons. The second kappa shape index (κ2) is 6.41. The molecule has 1 rings (SSSR count). The first-order valence-corrected chi connectivity index (χ1v) is 5.40. The normalized spacial score (nSPS) is 29.7. The van der Waals surface area contributed by atoms with Crippen molar-refractivity contribution >= 4 is 11.6 Å². The van der Waals surface area contributed by atoms with Gasteiger partial charge in [-0.15, -0.1) is 0 Å². The summed E-state index contributed by atoms with van der Waals surface area (Å²) >= 11 is 5.39. The van der Waals surface area contributed by atoms with Crippen molar-refractivity contribution in [2.75, 3.05) is 13.1 Å². The number of hydrogen-bond donors (Lipinski definition) is 2. The quantitative estimate of drug-likeness (QED) is 0.684. The second-order valence-corrected chi connectivity index (χ2v) is 3.96. The molecule has 0 amide bonds. The first-order valence-electron chi connectivity index (χ1n) is 4.97. The van der Waals surface area contributed by atoms with Gasteiger partial charge < -0.3 is 10.4 Å². The summed E-state index contributed by atoms with van der Waals surface area (Å²) in [5.74, 6) is 0.646. The van der Waals surface area contributed by atoms with Crippen LogP contribution in [0.1, 0.15) is 25.7 Å². The Hall–Kier alpha value is -0.0500. The van der Waals surface area contributed by atoms with Crippen molar-refractivity contribution in [3.05, 3.63) is 11.6 Å². The third kappa shape index (κ3) is 4.65. The molecule has 0 aromatic carbocycles. The number of aliphatic hydroxyl groups excluding tert-OH is 1. The summed E-state index contributed by atoms with van der Waals surface area (Å²) in [6.07, 6.45) is 6.17. The number of nitrogens with one attached hydrogen (secondary N) is 1. The van der Waals surface area contributed by atoms with E-state index in [9.17, 15) is 5.11 Å². The first-order chi connectivity index (χ1) is 6.33. The molecular formula is C10H18ClNO. The van der Waals surface area contributed by atoms with Crippen LogP contribution in [0.15, 0.2) is 11.6 Å². The SMILES string of the molecule is OC1CCCC(CNC/C=C/Cl)C1. The van der Waals surface area contributed by atoms with E-state index >= 15 is 0 Å². The highest BCUT2D eigenvalue weighted by Gasteiger charge is 2.19. The molecule has 0 spiro atoms. The van der Waals surface area contributed by atoms with E-state index in [2.05, 4.69) is 5.32 Å².